The van der Waals surface area contributed by atoms with Gasteiger partial charge < -0.3 is 29.0 Å². The van der Waals surface area contributed by atoms with Crippen molar-refractivity contribution in [3.63, 3.8) is 0 Å². The summed E-state index contributed by atoms with van der Waals surface area (Å²) in [7, 11) is 1.54. The number of carbonyl (C=O) groups is 2. The number of likely N-dealkylation sites (tertiary alicyclic amines) is 1. The number of ether oxygens (including phenoxy) is 4. The number of unbranched alkanes of at least 4 members (excludes halogenated alkanes) is 2. The number of Topliss-reactive ketones (excluding diaryl/α,β-unsaturated/α-hetero) is 1. The molecule has 0 saturated carbocycles. The summed E-state index contributed by atoms with van der Waals surface area (Å²) in [4.78, 5) is 27.9. The van der Waals surface area contributed by atoms with Crippen LogP contribution < -0.4 is 14.2 Å². The second-order valence-corrected chi connectivity index (χ2v) is 9.64. The second-order valence-electron chi connectivity index (χ2n) is 9.64. The Morgan fingerprint density at radius 1 is 1.05 bits per heavy atom. The number of fused-ring (bicyclic) bond motifs is 1. The molecule has 2 atom stereocenters. The third kappa shape index (κ3) is 5.65. The number of amides is 1. The Morgan fingerprint density at radius 3 is 2.61 bits per heavy atom. The molecule has 0 aromatic heterocycles. The molecule has 2 aromatic rings. The van der Waals surface area contributed by atoms with Crippen molar-refractivity contribution < 1.29 is 33.6 Å². The molecule has 2 aliphatic heterocycles. The van der Waals surface area contributed by atoms with Crippen LogP contribution in [0.4, 0.5) is 0 Å². The molecule has 0 radical (unpaired) electrons. The smallest absolute Gasteiger partial charge is 0.295 e. The van der Waals surface area contributed by atoms with E-state index < -0.39 is 17.7 Å². The average Bonchev–Trinajstić information content (AvgIpc) is 3.41. The first-order valence-electron chi connectivity index (χ1n) is 13.4. The number of hydrogen-bond donors (Lipinski definition) is 1. The first-order chi connectivity index (χ1) is 18.4. The molecule has 1 saturated heterocycles. The minimum atomic E-state index is -0.804. The summed E-state index contributed by atoms with van der Waals surface area (Å²) >= 11 is 0. The standard InChI is InChI=1S/C30H37NO7/c1-5-7-8-14-37-24-12-9-20(18-25(24)36-6-2)27-26(29(33)30(34)31(27)13-15-35-4)28(32)21-10-11-23-22(17-21)16-19(3)38-23/h9-12,17-19,27,32H,5-8,13-16H2,1-4H3. The maximum absolute atomic E-state index is 13.3. The average molecular weight is 524 g/mol. The van der Waals surface area contributed by atoms with Gasteiger partial charge in [0.15, 0.2) is 11.5 Å². The van der Waals surface area contributed by atoms with Crippen LogP contribution in [0.25, 0.3) is 5.76 Å². The van der Waals surface area contributed by atoms with Crippen molar-refractivity contribution in [2.75, 3.05) is 33.5 Å². The lowest BCUT2D eigenvalue weighted by molar-refractivity contribution is -0.140. The van der Waals surface area contributed by atoms with E-state index in [1.165, 1.54) is 12.0 Å². The van der Waals surface area contributed by atoms with Gasteiger partial charge in [0.2, 0.25) is 0 Å². The zero-order valence-corrected chi connectivity index (χ0v) is 22.6. The summed E-state index contributed by atoms with van der Waals surface area (Å²) < 4.78 is 22.8. The van der Waals surface area contributed by atoms with Gasteiger partial charge in [0.25, 0.3) is 11.7 Å². The van der Waals surface area contributed by atoms with E-state index >= 15 is 0 Å². The van der Waals surface area contributed by atoms with Gasteiger partial charge in [-0.05, 0) is 61.7 Å². The predicted octanol–water partition coefficient (Wildman–Crippen LogP) is 5.05. The van der Waals surface area contributed by atoms with Crippen LogP contribution in [0.1, 0.15) is 62.8 Å². The number of aliphatic hydroxyl groups excluding tert-OH is 1. The minimum absolute atomic E-state index is 0.0390. The van der Waals surface area contributed by atoms with Crippen molar-refractivity contribution in [1.82, 2.24) is 4.90 Å². The fourth-order valence-electron chi connectivity index (χ4n) is 4.99. The highest BCUT2D eigenvalue weighted by Gasteiger charge is 2.46. The van der Waals surface area contributed by atoms with Crippen LogP contribution >= 0.6 is 0 Å². The Morgan fingerprint density at radius 2 is 1.87 bits per heavy atom. The van der Waals surface area contributed by atoms with Crippen molar-refractivity contribution in [3.8, 4) is 17.2 Å². The van der Waals surface area contributed by atoms with Crippen LogP contribution in [0.2, 0.25) is 0 Å². The monoisotopic (exact) mass is 523 g/mol. The fourth-order valence-corrected chi connectivity index (χ4v) is 4.99. The second kappa shape index (κ2) is 12.3. The summed E-state index contributed by atoms with van der Waals surface area (Å²) in [6.45, 7) is 7.43. The summed E-state index contributed by atoms with van der Waals surface area (Å²) in [6, 6.07) is 9.94. The van der Waals surface area contributed by atoms with Crippen molar-refractivity contribution in [2.24, 2.45) is 0 Å². The molecule has 0 bridgehead atoms. The van der Waals surface area contributed by atoms with Crippen molar-refractivity contribution >= 4 is 17.4 Å². The molecule has 204 valence electrons. The quantitative estimate of drug-likeness (QED) is 0.180. The van der Waals surface area contributed by atoms with Crippen LogP contribution in [0.5, 0.6) is 17.2 Å². The van der Waals surface area contributed by atoms with Crippen LogP contribution in [0.3, 0.4) is 0 Å². The van der Waals surface area contributed by atoms with Gasteiger partial charge in [-0.15, -0.1) is 0 Å². The SMILES string of the molecule is CCCCCOc1ccc(C2C(=C(O)c3ccc4c(c3)CC(C)O4)C(=O)C(=O)N2CCOC)cc1OCC. The van der Waals surface area contributed by atoms with E-state index in [0.29, 0.717) is 42.3 Å². The van der Waals surface area contributed by atoms with E-state index in [0.717, 1.165) is 30.6 Å². The van der Waals surface area contributed by atoms with Gasteiger partial charge in [-0.2, -0.15) is 0 Å². The third-order valence-corrected chi connectivity index (χ3v) is 6.83. The molecule has 0 spiro atoms. The molecular formula is C30H37NO7. The number of aliphatic hydroxyl groups is 1. The Labute approximate surface area is 224 Å². The highest BCUT2D eigenvalue weighted by Crippen LogP contribution is 2.42. The minimum Gasteiger partial charge on any atom is -0.507 e. The molecule has 4 rings (SSSR count). The molecule has 0 aliphatic carbocycles. The van der Waals surface area contributed by atoms with Crippen LogP contribution in [-0.4, -0.2) is 61.3 Å². The summed E-state index contributed by atoms with van der Waals surface area (Å²) in [5.74, 6) is 0.280. The van der Waals surface area contributed by atoms with Gasteiger partial charge in [-0.25, -0.2) is 0 Å². The summed E-state index contributed by atoms with van der Waals surface area (Å²) in [6.07, 6.45) is 3.85. The molecule has 8 heteroatoms. The van der Waals surface area contributed by atoms with Crippen LogP contribution in [0.15, 0.2) is 42.0 Å². The zero-order chi connectivity index (χ0) is 27.2. The topological polar surface area (TPSA) is 94.5 Å². The molecule has 1 N–H and O–H groups in total. The Kier molecular flexibility index (Phi) is 8.94. The fraction of sp³-hybridized carbons (Fsp3) is 0.467. The Hall–Kier alpha value is -3.52. The van der Waals surface area contributed by atoms with Crippen LogP contribution in [0, 0.1) is 0 Å². The van der Waals surface area contributed by atoms with Crippen molar-refractivity contribution in [2.45, 2.75) is 58.6 Å². The van der Waals surface area contributed by atoms with E-state index in [1.807, 2.05) is 26.0 Å². The molecule has 38 heavy (non-hydrogen) atoms. The summed E-state index contributed by atoms with van der Waals surface area (Å²) in [5, 5.41) is 11.4. The first kappa shape index (κ1) is 27.5. The number of ketones is 1. The van der Waals surface area contributed by atoms with Gasteiger partial charge in [-0.1, -0.05) is 25.8 Å². The predicted molar refractivity (Wildman–Crippen MR) is 144 cm³/mol. The number of benzene rings is 2. The molecule has 2 heterocycles. The van der Waals surface area contributed by atoms with Crippen molar-refractivity contribution in [3.05, 3.63) is 58.7 Å². The Bertz CT molecular complexity index is 1210. The van der Waals surface area contributed by atoms with Gasteiger partial charge in [0.1, 0.15) is 17.6 Å². The Balaban J connectivity index is 1.76. The zero-order valence-electron chi connectivity index (χ0n) is 22.6. The van der Waals surface area contributed by atoms with E-state index in [-0.39, 0.29) is 30.6 Å². The highest BCUT2D eigenvalue weighted by molar-refractivity contribution is 6.46. The highest BCUT2D eigenvalue weighted by atomic mass is 16.5. The molecule has 2 unspecified atom stereocenters. The molecule has 8 nitrogen and oxygen atoms in total. The molecule has 1 amide bonds. The number of rotatable bonds is 12. The van der Waals surface area contributed by atoms with E-state index in [4.69, 9.17) is 18.9 Å². The first-order valence-corrected chi connectivity index (χ1v) is 13.4. The van der Waals surface area contributed by atoms with E-state index in [9.17, 15) is 14.7 Å². The molecular weight excluding hydrogens is 486 g/mol. The molecule has 2 aromatic carbocycles. The van der Waals surface area contributed by atoms with E-state index in [1.54, 1.807) is 24.3 Å². The summed E-state index contributed by atoms with van der Waals surface area (Å²) in [5.41, 5.74) is 2.11. The molecule has 2 aliphatic rings. The number of hydrogen-bond acceptors (Lipinski definition) is 7. The largest absolute Gasteiger partial charge is 0.507 e. The number of methoxy groups -OCH3 is 1. The van der Waals surface area contributed by atoms with Gasteiger partial charge in [0.05, 0.1) is 31.4 Å². The molecule has 1 fully saturated rings. The lowest BCUT2D eigenvalue weighted by Crippen LogP contribution is -2.32. The lowest BCUT2D eigenvalue weighted by Gasteiger charge is -2.26. The van der Waals surface area contributed by atoms with Gasteiger partial charge in [-0.3, -0.25) is 9.59 Å². The van der Waals surface area contributed by atoms with Crippen molar-refractivity contribution in [1.29, 1.82) is 0 Å². The van der Waals surface area contributed by atoms with Gasteiger partial charge in [0, 0.05) is 25.6 Å². The lowest BCUT2D eigenvalue weighted by atomic mass is 9.94. The van der Waals surface area contributed by atoms with Gasteiger partial charge >= 0.3 is 0 Å². The maximum atomic E-state index is 13.3. The van der Waals surface area contributed by atoms with Crippen LogP contribution in [-0.2, 0) is 20.7 Å². The normalized spacial score (nSPS) is 19.9. The number of carbonyl (C=O) groups excluding carboxylic acids is 2. The van der Waals surface area contributed by atoms with E-state index in [2.05, 4.69) is 6.92 Å². The third-order valence-electron chi connectivity index (χ3n) is 6.83. The maximum Gasteiger partial charge on any atom is 0.295 e. The number of nitrogens with zero attached hydrogens (tertiary/aromatic N) is 1.